The summed E-state index contributed by atoms with van der Waals surface area (Å²) < 4.78 is 15.4. The average molecular weight is 357 g/mol. The normalized spacial score (nSPS) is 23.1. The second-order valence-corrected chi connectivity index (χ2v) is 7.63. The lowest BCUT2D eigenvalue weighted by atomic mass is 10.0. The molecule has 4 rings (SSSR count). The molecule has 0 saturated carbocycles. The molecule has 0 aliphatic carbocycles. The van der Waals surface area contributed by atoms with E-state index in [0.29, 0.717) is 6.54 Å². The fourth-order valence-corrected chi connectivity index (χ4v) is 4.76. The second-order valence-electron chi connectivity index (χ2n) is 6.57. The molecule has 1 unspecified atom stereocenters. The first-order chi connectivity index (χ1) is 12.1. The van der Waals surface area contributed by atoms with Crippen LogP contribution in [0.5, 0.6) is 0 Å². The number of hydrogen-bond acceptors (Lipinski definition) is 3. The zero-order valence-electron chi connectivity index (χ0n) is 14.3. The van der Waals surface area contributed by atoms with E-state index in [2.05, 4.69) is 40.7 Å². The van der Waals surface area contributed by atoms with Gasteiger partial charge in [-0.3, -0.25) is 0 Å². The first-order valence-corrected chi connectivity index (χ1v) is 9.72. The third-order valence-corrected chi connectivity index (χ3v) is 6.20. The summed E-state index contributed by atoms with van der Waals surface area (Å²) in [4.78, 5) is 2.19. The Bertz CT molecular complexity index is 803. The third-order valence-electron chi connectivity index (χ3n) is 5.01. The molecule has 0 amide bonds. The molecule has 2 aliphatic heterocycles. The Morgan fingerprint density at radius 1 is 1.16 bits per heavy atom. The lowest BCUT2D eigenvalue weighted by molar-refractivity contribution is -0.656. The fourth-order valence-electron chi connectivity index (χ4n) is 3.58. The molecule has 0 bridgehead atoms. The molecule has 0 spiro atoms. The van der Waals surface area contributed by atoms with E-state index in [9.17, 15) is 9.50 Å². The molecule has 2 heterocycles. The van der Waals surface area contributed by atoms with E-state index >= 15 is 0 Å². The van der Waals surface area contributed by atoms with Crippen molar-refractivity contribution in [3.05, 3.63) is 65.5 Å². The summed E-state index contributed by atoms with van der Waals surface area (Å²) in [6, 6.07) is 14.7. The van der Waals surface area contributed by atoms with Gasteiger partial charge in [0.15, 0.2) is 6.54 Å². The van der Waals surface area contributed by atoms with Crippen molar-refractivity contribution in [3.8, 4) is 0 Å². The lowest BCUT2D eigenvalue weighted by Gasteiger charge is -2.24. The van der Waals surface area contributed by atoms with Gasteiger partial charge in [0, 0.05) is 11.3 Å². The predicted molar refractivity (Wildman–Crippen MR) is 101 cm³/mol. The topological polar surface area (TPSA) is 26.5 Å². The maximum Gasteiger partial charge on any atom is 0.316 e. The van der Waals surface area contributed by atoms with Crippen LogP contribution in [0.15, 0.2) is 48.5 Å². The summed E-state index contributed by atoms with van der Waals surface area (Å²) in [6.45, 7) is 3.40. The highest BCUT2D eigenvalue weighted by Crippen LogP contribution is 2.37. The van der Waals surface area contributed by atoms with Crippen LogP contribution in [0.2, 0.25) is 0 Å². The number of aryl methyl sites for hydroxylation is 1. The van der Waals surface area contributed by atoms with Crippen molar-refractivity contribution >= 4 is 22.6 Å². The number of hydrogen-bond donors (Lipinski definition) is 1. The molecule has 3 nitrogen and oxygen atoms in total. The zero-order chi connectivity index (χ0) is 17.4. The van der Waals surface area contributed by atoms with E-state index in [4.69, 9.17) is 0 Å². The van der Waals surface area contributed by atoms with Gasteiger partial charge in [0.2, 0.25) is 0 Å². The Hall–Kier alpha value is -1.85. The summed E-state index contributed by atoms with van der Waals surface area (Å²) in [5.41, 5.74) is 2.00. The summed E-state index contributed by atoms with van der Waals surface area (Å²) in [7, 11) is 0. The van der Waals surface area contributed by atoms with E-state index in [0.717, 1.165) is 41.6 Å². The smallest absolute Gasteiger partial charge is 0.316 e. The highest BCUT2D eigenvalue weighted by atomic mass is 32.2. The minimum atomic E-state index is -1.13. The van der Waals surface area contributed by atoms with Crippen LogP contribution in [-0.4, -0.2) is 33.7 Å². The van der Waals surface area contributed by atoms with Crippen LogP contribution >= 0.6 is 11.8 Å². The Labute approximate surface area is 151 Å². The number of β-amino-alcohol motifs (C(OH)–C–C–N with tert-alkyl or cyclic N) is 1. The van der Waals surface area contributed by atoms with Crippen molar-refractivity contribution in [2.45, 2.75) is 25.5 Å². The van der Waals surface area contributed by atoms with Gasteiger partial charge in [0.05, 0.1) is 6.54 Å². The van der Waals surface area contributed by atoms with Crippen LogP contribution in [-0.2, 0) is 12.1 Å². The summed E-state index contributed by atoms with van der Waals surface area (Å²) in [5, 5.41) is 12.6. The van der Waals surface area contributed by atoms with Gasteiger partial charge >= 0.3 is 5.17 Å². The molecule has 0 saturated heterocycles. The molecule has 0 radical (unpaired) electrons. The molecule has 2 aromatic rings. The monoisotopic (exact) mass is 357 g/mol. The van der Waals surface area contributed by atoms with Gasteiger partial charge < -0.3 is 5.11 Å². The van der Waals surface area contributed by atoms with Crippen LogP contribution in [0, 0.1) is 5.82 Å². The fraction of sp³-hybridized carbons (Fsp3) is 0.350. The van der Waals surface area contributed by atoms with Gasteiger partial charge in [-0.25, -0.2) is 13.9 Å². The van der Waals surface area contributed by atoms with Crippen LogP contribution in [0.25, 0.3) is 0 Å². The maximum atomic E-state index is 13.3. The Morgan fingerprint density at radius 3 is 2.56 bits per heavy atom. The third kappa shape index (κ3) is 2.85. The zero-order valence-corrected chi connectivity index (χ0v) is 15.1. The van der Waals surface area contributed by atoms with Gasteiger partial charge in [0.1, 0.15) is 11.5 Å². The predicted octanol–water partition coefficient (Wildman–Crippen LogP) is 3.56. The number of anilines is 1. The molecular formula is C20H22FN2OS+. The van der Waals surface area contributed by atoms with Gasteiger partial charge in [-0.05, 0) is 66.6 Å². The number of halogens is 1. The minimum absolute atomic E-state index is 0.283. The molecule has 2 aliphatic rings. The van der Waals surface area contributed by atoms with E-state index in [1.54, 1.807) is 23.9 Å². The molecule has 1 N–H and O–H groups in total. The van der Waals surface area contributed by atoms with Gasteiger partial charge in [-0.1, -0.05) is 19.1 Å². The summed E-state index contributed by atoms with van der Waals surface area (Å²) >= 11 is 1.78. The van der Waals surface area contributed by atoms with Crippen molar-refractivity contribution in [3.63, 3.8) is 0 Å². The van der Waals surface area contributed by atoms with Gasteiger partial charge in [0.25, 0.3) is 5.72 Å². The molecule has 2 aromatic carbocycles. The highest BCUT2D eigenvalue weighted by molar-refractivity contribution is 8.13. The van der Waals surface area contributed by atoms with Gasteiger partial charge in [-0.15, -0.1) is 0 Å². The standard InChI is InChI=1S/C20H22FN2OS/c1-2-15-4-10-18(11-5-15)22-14-20(24,16-6-8-17(21)9-7-16)23-12-3-13-25-19(22)23/h4-11,24H,2-3,12-14H2,1H3/q+1. The van der Waals surface area contributed by atoms with Gasteiger partial charge in [-0.2, -0.15) is 0 Å². The number of amidine groups is 1. The maximum absolute atomic E-state index is 13.3. The Balaban J connectivity index is 1.75. The molecule has 1 atom stereocenters. The van der Waals surface area contributed by atoms with E-state index in [1.165, 1.54) is 17.7 Å². The van der Waals surface area contributed by atoms with Crippen LogP contribution in [0.3, 0.4) is 0 Å². The summed E-state index contributed by atoms with van der Waals surface area (Å²) in [6.07, 6.45) is 2.04. The van der Waals surface area contributed by atoms with Crippen molar-refractivity contribution in [1.82, 2.24) is 0 Å². The molecule has 25 heavy (non-hydrogen) atoms. The molecule has 0 aromatic heterocycles. The first kappa shape index (κ1) is 16.6. The summed E-state index contributed by atoms with van der Waals surface area (Å²) in [5.74, 6) is 0.768. The van der Waals surface area contributed by atoms with Crippen LogP contribution < -0.4 is 4.90 Å². The molecular weight excluding hydrogens is 335 g/mol. The quantitative estimate of drug-likeness (QED) is 0.851. The van der Waals surface area contributed by atoms with Crippen molar-refractivity contribution in [2.24, 2.45) is 0 Å². The minimum Gasteiger partial charge on any atom is -0.346 e. The number of rotatable bonds is 3. The van der Waals surface area contributed by atoms with Crippen LogP contribution in [0.4, 0.5) is 10.1 Å². The van der Waals surface area contributed by atoms with Crippen molar-refractivity contribution in [2.75, 3.05) is 23.7 Å². The average Bonchev–Trinajstić information content (AvgIpc) is 2.97. The SMILES string of the molecule is CCc1ccc(N2CC(O)(c3ccc(F)cc3)[N+]3=C2SCCC3)cc1. The van der Waals surface area contributed by atoms with E-state index < -0.39 is 5.72 Å². The second kappa shape index (κ2) is 6.46. The van der Waals surface area contributed by atoms with Crippen molar-refractivity contribution in [1.29, 1.82) is 0 Å². The Morgan fingerprint density at radius 2 is 1.88 bits per heavy atom. The van der Waals surface area contributed by atoms with E-state index in [1.807, 2.05) is 0 Å². The van der Waals surface area contributed by atoms with E-state index in [-0.39, 0.29) is 5.82 Å². The molecule has 0 fully saturated rings. The lowest BCUT2D eigenvalue weighted by Crippen LogP contribution is -2.41. The van der Waals surface area contributed by atoms with Crippen LogP contribution in [0.1, 0.15) is 24.5 Å². The largest absolute Gasteiger partial charge is 0.346 e. The Kier molecular flexibility index (Phi) is 4.29. The number of nitrogens with zero attached hydrogens (tertiary/aromatic N) is 2. The first-order valence-electron chi connectivity index (χ1n) is 8.74. The molecule has 5 heteroatoms. The molecule has 130 valence electrons. The number of aliphatic hydroxyl groups is 1. The van der Waals surface area contributed by atoms with Crippen molar-refractivity contribution < 1.29 is 14.1 Å². The number of benzene rings is 2. The number of thioether (sulfide) groups is 1. The highest BCUT2D eigenvalue weighted by Gasteiger charge is 2.53.